The van der Waals surface area contributed by atoms with Gasteiger partial charge in [-0.05, 0) is 18.9 Å². The van der Waals surface area contributed by atoms with Crippen LogP contribution in [0, 0.1) is 0 Å². The van der Waals surface area contributed by atoms with Gasteiger partial charge in [0.1, 0.15) is 0 Å². The van der Waals surface area contributed by atoms with Crippen LogP contribution in [0.15, 0.2) is 48.1 Å². The van der Waals surface area contributed by atoms with Crippen molar-refractivity contribution in [1.82, 2.24) is 0 Å². The van der Waals surface area contributed by atoms with E-state index >= 15 is 0 Å². The molecule has 0 heterocycles. The fourth-order valence-corrected chi connectivity index (χ4v) is 0.930. The lowest BCUT2D eigenvalue weighted by atomic mass is 9.99. The van der Waals surface area contributed by atoms with Crippen LogP contribution in [-0.4, -0.2) is 0 Å². The molecule has 0 aromatic heterocycles. The third kappa shape index (κ3) is 1.47. The minimum atomic E-state index is 0.983. The molecule has 0 nitrogen and oxygen atoms in total. The zero-order valence-electron chi connectivity index (χ0n) is 6.35. The monoisotopic (exact) mass is 132 g/mol. The van der Waals surface area contributed by atoms with Crippen molar-refractivity contribution >= 4 is 0 Å². The molecule has 1 aliphatic rings. The summed E-state index contributed by atoms with van der Waals surface area (Å²) in [4.78, 5) is 0. The van der Waals surface area contributed by atoms with Crippen molar-refractivity contribution in [1.29, 1.82) is 0 Å². The van der Waals surface area contributed by atoms with Gasteiger partial charge >= 0.3 is 0 Å². The van der Waals surface area contributed by atoms with Crippen LogP contribution in [0.1, 0.15) is 13.3 Å². The van der Waals surface area contributed by atoms with Crippen molar-refractivity contribution in [2.75, 3.05) is 0 Å². The molecule has 0 aliphatic heterocycles. The Morgan fingerprint density at radius 1 is 1.60 bits per heavy atom. The van der Waals surface area contributed by atoms with Gasteiger partial charge in [0.15, 0.2) is 0 Å². The SMILES string of the molecule is C=C1C=C(C(=C)C)C=CC1. The number of rotatable bonds is 1. The molecule has 0 aromatic carbocycles. The molecule has 0 bridgehead atoms. The van der Waals surface area contributed by atoms with Crippen LogP contribution >= 0.6 is 0 Å². The smallest absolute Gasteiger partial charge is 0.00998 e. The predicted octanol–water partition coefficient (Wildman–Crippen LogP) is 3.01. The molecule has 0 atom stereocenters. The van der Waals surface area contributed by atoms with Gasteiger partial charge in [-0.25, -0.2) is 0 Å². The van der Waals surface area contributed by atoms with Crippen molar-refractivity contribution in [3.63, 3.8) is 0 Å². The van der Waals surface area contributed by atoms with Gasteiger partial charge in [0.25, 0.3) is 0 Å². The lowest BCUT2D eigenvalue weighted by Crippen LogP contribution is -1.87. The summed E-state index contributed by atoms with van der Waals surface area (Å²) in [6.45, 7) is 9.74. The van der Waals surface area contributed by atoms with Crippen molar-refractivity contribution < 1.29 is 0 Å². The molecule has 0 saturated carbocycles. The average molecular weight is 132 g/mol. The highest BCUT2D eigenvalue weighted by Crippen LogP contribution is 2.18. The van der Waals surface area contributed by atoms with Crippen LogP contribution in [0.2, 0.25) is 0 Å². The maximum Gasteiger partial charge on any atom is -0.00998 e. The average Bonchev–Trinajstić information content (AvgIpc) is 1.88. The molecule has 0 aromatic rings. The van der Waals surface area contributed by atoms with Gasteiger partial charge in [-0.2, -0.15) is 0 Å². The van der Waals surface area contributed by atoms with Crippen LogP contribution in [0.25, 0.3) is 0 Å². The van der Waals surface area contributed by atoms with Crippen LogP contribution in [0.4, 0.5) is 0 Å². The molecule has 0 radical (unpaired) electrons. The van der Waals surface area contributed by atoms with E-state index in [0.29, 0.717) is 0 Å². The van der Waals surface area contributed by atoms with E-state index in [1.54, 1.807) is 0 Å². The molecule has 0 amide bonds. The predicted molar refractivity (Wildman–Crippen MR) is 45.8 cm³/mol. The largest absolute Gasteiger partial charge is 0.0955 e. The summed E-state index contributed by atoms with van der Waals surface area (Å²) in [5.41, 5.74) is 3.48. The molecule has 0 saturated heterocycles. The standard InChI is InChI=1S/C10H12/c1-8(2)10-6-4-5-9(3)7-10/h4,6-7H,1,3,5H2,2H3. The van der Waals surface area contributed by atoms with Crippen LogP contribution in [0.5, 0.6) is 0 Å². The second kappa shape index (κ2) is 2.70. The van der Waals surface area contributed by atoms with Gasteiger partial charge in [0.2, 0.25) is 0 Å². The van der Waals surface area contributed by atoms with E-state index in [4.69, 9.17) is 0 Å². The van der Waals surface area contributed by atoms with Gasteiger partial charge < -0.3 is 0 Å². The van der Waals surface area contributed by atoms with Gasteiger partial charge in [-0.15, -0.1) is 0 Å². The number of allylic oxidation sites excluding steroid dienone is 6. The van der Waals surface area contributed by atoms with E-state index in [0.717, 1.165) is 12.0 Å². The molecule has 1 rings (SSSR count). The van der Waals surface area contributed by atoms with E-state index < -0.39 is 0 Å². The second-order valence-electron chi connectivity index (χ2n) is 2.64. The molecule has 0 fully saturated rings. The first-order chi connectivity index (χ1) is 4.70. The second-order valence-corrected chi connectivity index (χ2v) is 2.64. The van der Waals surface area contributed by atoms with E-state index in [9.17, 15) is 0 Å². The first-order valence-corrected chi connectivity index (χ1v) is 3.42. The quantitative estimate of drug-likeness (QED) is 0.514. The van der Waals surface area contributed by atoms with Gasteiger partial charge in [-0.1, -0.05) is 42.5 Å². The lowest BCUT2D eigenvalue weighted by molar-refractivity contribution is 1.24. The highest BCUT2D eigenvalue weighted by atomic mass is 14.0. The fourth-order valence-electron chi connectivity index (χ4n) is 0.930. The summed E-state index contributed by atoms with van der Waals surface area (Å²) in [6.07, 6.45) is 7.28. The third-order valence-corrected chi connectivity index (χ3v) is 1.53. The summed E-state index contributed by atoms with van der Waals surface area (Å²) in [5.74, 6) is 0. The maximum absolute atomic E-state index is 3.88. The Morgan fingerprint density at radius 2 is 2.30 bits per heavy atom. The summed E-state index contributed by atoms with van der Waals surface area (Å²) in [5, 5.41) is 0. The van der Waals surface area contributed by atoms with Gasteiger partial charge in [0.05, 0.1) is 0 Å². The molecule has 10 heavy (non-hydrogen) atoms. The van der Waals surface area contributed by atoms with Crippen LogP contribution in [0.3, 0.4) is 0 Å². The van der Waals surface area contributed by atoms with Crippen molar-refractivity contribution in [3.05, 3.63) is 48.1 Å². The molecule has 52 valence electrons. The minimum absolute atomic E-state index is 0.983. The fraction of sp³-hybridized carbons (Fsp3) is 0.200. The van der Waals surface area contributed by atoms with E-state index in [-0.39, 0.29) is 0 Å². The maximum atomic E-state index is 3.88. The van der Waals surface area contributed by atoms with Gasteiger partial charge in [-0.3, -0.25) is 0 Å². The summed E-state index contributed by atoms with van der Waals surface area (Å²) < 4.78 is 0. The Hall–Kier alpha value is -1.04. The van der Waals surface area contributed by atoms with Crippen molar-refractivity contribution in [2.24, 2.45) is 0 Å². The topological polar surface area (TPSA) is 0 Å². The number of hydrogen-bond acceptors (Lipinski definition) is 0. The first kappa shape index (κ1) is 7.07. The summed E-state index contributed by atoms with van der Waals surface area (Å²) >= 11 is 0. The molecule has 1 aliphatic carbocycles. The van der Waals surface area contributed by atoms with E-state index in [1.807, 2.05) is 6.92 Å². The highest BCUT2D eigenvalue weighted by molar-refractivity contribution is 5.45. The molecule has 0 N–H and O–H groups in total. The van der Waals surface area contributed by atoms with Crippen LogP contribution < -0.4 is 0 Å². The number of hydrogen-bond donors (Lipinski definition) is 0. The van der Waals surface area contributed by atoms with E-state index in [2.05, 4.69) is 31.4 Å². The first-order valence-electron chi connectivity index (χ1n) is 3.42. The molecular weight excluding hydrogens is 120 g/mol. The Morgan fingerprint density at radius 3 is 2.70 bits per heavy atom. The Bertz CT molecular complexity index is 224. The Labute approximate surface area is 62.3 Å². The summed E-state index contributed by atoms with van der Waals surface area (Å²) in [6, 6.07) is 0. The molecule has 0 heteroatoms. The Balaban J connectivity index is 2.86. The molecular formula is C10H12. The zero-order chi connectivity index (χ0) is 7.56. The highest BCUT2D eigenvalue weighted by Gasteiger charge is 1.98. The van der Waals surface area contributed by atoms with Crippen molar-refractivity contribution in [3.8, 4) is 0 Å². The lowest BCUT2D eigenvalue weighted by Gasteiger charge is -2.06. The summed E-state index contributed by atoms with van der Waals surface area (Å²) in [7, 11) is 0. The molecule has 0 unspecified atom stereocenters. The van der Waals surface area contributed by atoms with Crippen LogP contribution in [-0.2, 0) is 0 Å². The van der Waals surface area contributed by atoms with Crippen molar-refractivity contribution in [2.45, 2.75) is 13.3 Å². The zero-order valence-corrected chi connectivity index (χ0v) is 6.35. The van der Waals surface area contributed by atoms with Gasteiger partial charge in [0, 0.05) is 0 Å². The Kier molecular flexibility index (Phi) is 1.91. The minimum Gasteiger partial charge on any atom is -0.0955 e. The normalized spacial score (nSPS) is 16.9. The third-order valence-electron chi connectivity index (χ3n) is 1.53. The molecule has 0 spiro atoms. The van der Waals surface area contributed by atoms with E-state index in [1.165, 1.54) is 11.1 Å².